The Morgan fingerprint density at radius 3 is 2.59 bits per heavy atom. The number of carbonyl (C=O) groups excluding carboxylic acids is 1. The van der Waals surface area contributed by atoms with Crippen LogP contribution in [0.25, 0.3) is 0 Å². The summed E-state index contributed by atoms with van der Waals surface area (Å²) >= 11 is 0. The van der Waals surface area contributed by atoms with E-state index >= 15 is 0 Å². The molecule has 126 valence electrons. The quantitative estimate of drug-likeness (QED) is 0.740. The molecule has 3 rings (SSSR count). The topological polar surface area (TPSA) is 42.0 Å². The Morgan fingerprint density at radius 2 is 1.95 bits per heavy atom. The first kappa shape index (κ1) is 16.2. The second kappa shape index (κ2) is 6.85. The van der Waals surface area contributed by atoms with Gasteiger partial charge in [-0.3, -0.25) is 4.79 Å². The van der Waals surface area contributed by atoms with Crippen molar-refractivity contribution >= 4 is 5.91 Å². The van der Waals surface area contributed by atoms with Gasteiger partial charge in [-0.1, -0.05) is 0 Å². The Balaban J connectivity index is 1.52. The monoisotopic (exact) mass is 310 g/mol. The summed E-state index contributed by atoms with van der Waals surface area (Å²) in [5.74, 6) is 1.59. The SMILES string of the molecule is COCC(=O)N1CCC2(CC1)CN(C)C[C@@H]2COCC1CC1. The van der Waals surface area contributed by atoms with Crippen molar-refractivity contribution in [2.75, 3.05) is 60.2 Å². The fraction of sp³-hybridized carbons (Fsp3) is 0.941. The van der Waals surface area contributed by atoms with Crippen molar-refractivity contribution in [1.82, 2.24) is 9.80 Å². The van der Waals surface area contributed by atoms with Gasteiger partial charge in [-0.15, -0.1) is 0 Å². The van der Waals surface area contributed by atoms with Crippen LogP contribution in [0.2, 0.25) is 0 Å². The summed E-state index contributed by atoms with van der Waals surface area (Å²) in [6, 6.07) is 0. The molecule has 2 aliphatic heterocycles. The third kappa shape index (κ3) is 3.63. The zero-order chi connectivity index (χ0) is 15.6. The van der Waals surface area contributed by atoms with Gasteiger partial charge in [0.1, 0.15) is 6.61 Å². The summed E-state index contributed by atoms with van der Waals surface area (Å²) in [6.45, 7) is 6.08. The van der Waals surface area contributed by atoms with E-state index in [4.69, 9.17) is 9.47 Å². The third-order valence-corrected chi connectivity index (χ3v) is 5.73. The van der Waals surface area contributed by atoms with Crippen molar-refractivity contribution < 1.29 is 14.3 Å². The van der Waals surface area contributed by atoms with Gasteiger partial charge in [0.05, 0.1) is 6.61 Å². The average Bonchev–Trinajstić information content (AvgIpc) is 3.26. The van der Waals surface area contributed by atoms with Gasteiger partial charge in [-0.25, -0.2) is 0 Å². The summed E-state index contributed by atoms with van der Waals surface area (Å²) < 4.78 is 11.0. The molecule has 0 radical (unpaired) electrons. The highest BCUT2D eigenvalue weighted by Crippen LogP contribution is 2.44. The van der Waals surface area contributed by atoms with Crippen LogP contribution in [0, 0.1) is 17.3 Å². The van der Waals surface area contributed by atoms with Crippen LogP contribution in [-0.4, -0.2) is 75.9 Å². The molecule has 3 fully saturated rings. The van der Waals surface area contributed by atoms with Crippen LogP contribution in [0.3, 0.4) is 0 Å². The number of likely N-dealkylation sites (tertiary alicyclic amines) is 2. The lowest BCUT2D eigenvalue weighted by atomic mass is 9.71. The first-order valence-electron chi connectivity index (χ1n) is 8.66. The van der Waals surface area contributed by atoms with E-state index in [1.165, 1.54) is 12.8 Å². The summed E-state index contributed by atoms with van der Waals surface area (Å²) in [5, 5.41) is 0. The molecule has 2 saturated heterocycles. The Morgan fingerprint density at radius 1 is 1.23 bits per heavy atom. The molecule has 22 heavy (non-hydrogen) atoms. The number of piperidine rings is 1. The van der Waals surface area contributed by atoms with Crippen LogP contribution in [0.1, 0.15) is 25.7 Å². The first-order chi connectivity index (χ1) is 10.6. The van der Waals surface area contributed by atoms with Crippen molar-refractivity contribution in [2.24, 2.45) is 17.3 Å². The Hall–Kier alpha value is -0.650. The smallest absolute Gasteiger partial charge is 0.248 e. The minimum Gasteiger partial charge on any atom is -0.381 e. The summed E-state index contributed by atoms with van der Waals surface area (Å²) in [4.78, 5) is 16.4. The Labute approximate surface area is 133 Å². The number of hydrogen-bond donors (Lipinski definition) is 0. The second-order valence-electron chi connectivity index (χ2n) is 7.55. The maximum absolute atomic E-state index is 12.0. The molecule has 0 bridgehead atoms. The standard InChI is InChI=1S/C17H30N2O3/c1-18-9-15(11-22-10-14-3-4-14)17(13-18)5-7-19(8-6-17)16(20)12-21-2/h14-15H,3-13H2,1-2H3/t15-/m1/s1. The van der Waals surface area contributed by atoms with Gasteiger partial charge < -0.3 is 19.3 Å². The van der Waals surface area contributed by atoms with Crippen LogP contribution >= 0.6 is 0 Å². The molecule has 1 saturated carbocycles. The van der Waals surface area contributed by atoms with Gasteiger partial charge in [0.25, 0.3) is 0 Å². The predicted octanol–water partition coefficient (Wildman–Crippen LogP) is 1.23. The van der Waals surface area contributed by atoms with Gasteiger partial charge in [0.15, 0.2) is 0 Å². The molecule has 1 aliphatic carbocycles. The van der Waals surface area contributed by atoms with Gasteiger partial charge in [0, 0.05) is 45.8 Å². The number of methoxy groups -OCH3 is 1. The molecule has 0 unspecified atom stereocenters. The third-order valence-electron chi connectivity index (χ3n) is 5.73. The fourth-order valence-electron chi connectivity index (χ4n) is 4.17. The summed E-state index contributed by atoms with van der Waals surface area (Å²) in [5.41, 5.74) is 0.349. The molecular formula is C17H30N2O3. The number of hydrogen-bond acceptors (Lipinski definition) is 4. The van der Waals surface area contributed by atoms with Crippen molar-refractivity contribution in [3.63, 3.8) is 0 Å². The number of rotatable bonds is 6. The summed E-state index contributed by atoms with van der Waals surface area (Å²) in [7, 11) is 3.80. The molecule has 0 N–H and O–H groups in total. The molecule has 3 aliphatic rings. The highest BCUT2D eigenvalue weighted by atomic mass is 16.5. The van der Waals surface area contributed by atoms with Gasteiger partial charge >= 0.3 is 0 Å². The Bertz CT molecular complexity index is 389. The molecule has 0 aromatic carbocycles. The van der Waals surface area contributed by atoms with E-state index in [9.17, 15) is 4.79 Å². The minimum absolute atomic E-state index is 0.130. The van der Waals surface area contributed by atoms with Gasteiger partial charge in [-0.05, 0) is 44.1 Å². The molecule has 0 aromatic rings. The largest absolute Gasteiger partial charge is 0.381 e. The van der Waals surface area contributed by atoms with Crippen molar-refractivity contribution in [2.45, 2.75) is 25.7 Å². The fourth-order valence-corrected chi connectivity index (χ4v) is 4.17. The molecule has 5 heteroatoms. The molecule has 1 spiro atoms. The van der Waals surface area contributed by atoms with E-state index < -0.39 is 0 Å². The molecule has 2 heterocycles. The van der Waals surface area contributed by atoms with Gasteiger partial charge in [0.2, 0.25) is 5.91 Å². The predicted molar refractivity (Wildman–Crippen MR) is 84.7 cm³/mol. The number of nitrogens with zero attached hydrogens (tertiary/aromatic N) is 2. The van der Waals surface area contributed by atoms with Crippen LogP contribution < -0.4 is 0 Å². The molecule has 1 atom stereocenters. The average molecular weight is 310 g/mol. The highest BCUT2D eigenvalue weighted by Gasteiger charge is 2.47. The first-order valence-corrected chi connectivity index (χ1v) is 8.66. The highest BCUT2D eigenvalue weighted by molar-refractivity contribution is 5.77. The number of carbonyl (C=O) groups is 1. The van der Waals surface area contributed by atoms with Crippen LogP contribution in [0.15, 0.2) is 0 Å². The van der Waals surface area contributed by atoms with E-state index in [-0.39, 0.29) is 12.5 Å². The van der Waals surface area contributed by atoms with Crippen molar-refractivity contribution in [3.8, 4) is 0 Å². The zero-order valence-corrected chi connectivity index (χ0v) is 14.1. The lowest BCUT2D eigenvalue weighted by Gasteiger charge is -2.42. The van der Waals surface area contributed by atoms with Crippen LogP contribution in [-0.2, 0) is 14.3 Å². The maximum Gasteiger partial charge on any atom is 0.248 e. The lowest BCUT2D eigenvalue weighted by Crippen LogP contribution is -2.48. The van der Waals surface area contributed by atoms with Crippen LogP contribution in [0.5, 0.6) is 0 Å². The minimum atomic E-state index is 0.130. The molecule has 1 amide bonds. The van der Waals surface area contributed by atoms with E-state index in [1.807, 2.05) is 4.90 Å². The van der Waals surface area contributed by atoms with E-state index in [1.54, 1.807) is 7.11 Å². The van der Waals surface area contributed by atoms with Crippen molar-refractivity contribution in [1.29, 1.82) is 0 Å². The molecular weight excluding hydrogens is 280 g/mol. The number of amides is 1. The molecule has 5 nitrogen and oxygen atoms in total. The molecule has 0 aromatic heterocycles. The van der Waals surface area contributed by atoms with E-state index in [2.05, 4.69) is 11.9 Å². The maximum atomic E-state index is 12.0. The second-order valence-corrected chi connectivity index (χ2v) is 7.55. The lowest BCUT2D eigenvalue weighted by molar-refractivity contribution is -0.138. The van der Waals surface area contributed by atoms with Crippen molar-refractivity contribution in [3.05, 3.63) is 0 Å². The summed E-state index contributed by atoms with van der Waals surface area (Å²) in [6.07, 6.45) is 4.91. The van der Waals surface area contributed by atoms with E-state index in [0.717, 1.165) is 58.2 Å². The zero-order valence-electron chi connectivity index (χ0n) is 14.1. The van der Waals surface area contributed by atoms with Crippen LogP contribution in [0.4, 0.5) is 0 Å². The number of ether oxygens (including phenoxy) is 2. The Kier molecular flexibility index (Phi) is 5.05. The normalized spacial score (nSPS) is 28.5. The van der Waals surface area contributed by atoms with Gasteiger partial charge in [-0.2, -0.15) is 0 Å². The van der Waals surface area contributed by atoms with E-state index in [0.29, 0.717) is 11.3 Å².